The number of aryl methyl sites for hydroxylation is 1. The predicted molar refractivity (Wildman–Crippen MR) is 72.9 cm³/mol. The maximum Gasteiger partial charge on any atom is 0.118 e. The minimum atomic E-state index is 0.899. The molecule has 0 radical (unpaired) electrons. The van der Waals surface area contributed by atoms with E-state index in [4.69, 9.17) is 4.74 Å². The normalized spacial score (nSPS) is 10.2. The minimum absolute atomic E-state index is 0.899. The third-order valence-corrected chi connectivity index (χ3v) is 3.64. The van der Waals surface area contributed by atoms with Crippen LogP contribution in [0, 0.1) is 0 Å². The second-order valence-electron chi connectivity index (χ2n) is 3.78. The van der Waals surface area contributed by atoms with Gasteiger partial charge in [-0.25, -0.2) is 0 Å². The van der Waals surface area contributed by atoms with Crippen molar-refractivity contribution in [3.05, 3.63) is 54.1 Å². The Hall–Kier alpha value is -1.41. The first-order chi connectivity index (χ1) is 8.31. The number of hydrogen-bond acceptors (Lipinski definition) is 2. The maximum absolute atomic E-state index is 5.14. The van der Waals surface area contributed by atoms with E-state index in [0.29, 0.717) is 0 Å². The molecule has 0 N–H and O–H groups in total. The van der Waals surface area contributed by atoms with E-state index in [9.17, 15) is 0 Å². The lowest BCUT2D eigenvalue weighted by atomic mass is 10.2. The van der Waals surface area contributed by atoms with E-state index in [1.807, 2.05) is 12.1 Å². The van der Waals surface area contributed by atoms with Crippen molar-refractivity contribution in [2.24, 2.45) is 0 Å². The zero-order valence-corrected chi connectivity index (χ0v) is 11.0. The summed E-state index contributed by atoms with van der Waals surface area (Å²) in [5, 5.41) is 0. The van der Waals surface area contributed by atoms with Gasteiger partial charge in [-0.2, -0.15) is 0 Å². The van der Waals surface area contributed by atoms with Crippen molar-refractivity contribution in [1.29, 1.82) is 0 Å². The Labute approximate surface area is 107 Å². The van der Waals surface area contributed by atoms with Gasteiger partial charge >= 0.3 is 0 Å². The fourth-order valence-corrected chi connectivity index (χ4v) is 2.39. The first-order valence-corrected chi connectivity index (χ1v) is 6.54. The van der Waals surface area contributed by atoms with Crippen molar-refractivity contribution in [2.45, 2.75) is 23.1 Å². The molecule has 0 unspecified atom stereocenters. The third-order valence-electron chi connectivity index (χ3n) is 2.63. The highest BCUT2D eigenvalue weighted by molar-refractivity contribution is 7.99. The van der Waals surface area contributed by atoms with Gasteiger partial charge in [-0.3, -0.25) is 0 Å². The average molecular weight is 244 g/mol. The molecule has 0 fully saturated rings. The molecule has 0 aliphatic heterocycles. The Balaban J connectivity index is 2.08. The molecule has 0 spiro atoms. The van der Waals surface area contributed by atoms with Gasteiger partial charge in [-0.05, 0) is 48.4 Å². The largest absolute Gasteiger partial charge is 0.497 e. The molecule has 17 heavy (non-hydrogen) atoms. The third kappa shape index (κ3) is 3.27. The summed E-state index contributed by atoms with van der Waals surface area (Å²) in [4.78, 5) is 2.50. The van der Waals surface area contributed by atoms with Crippen LogP contribution in [0.25, 0.3) is 0 Å². The molecule has 2 rings (SSSR count). The van der Waals surface area contributed by atoms with Gasteiger partial charge in [0, 0.05) is 9.79 Å². The molecule has 2 heteroatoms. The van der Waals surface area contributed by atoms with Gasteiger partial charge in [0.25, 0.3) is 0 Å². The number of methoxy groups -OCH3 is 1. The van der Waals surface area contributed by atoms with Crippen molar-refractivity contribution >= 4 is 11.8 Å². The van der Waals surface area contributed by atoms with Crippen LogP contribution >= 0.6 is 11.8 Å². The molecule has 0 atom stereocenters. The molecule has 0 saturated carbocycles. The molecule has 1 nitrogen and oxygen atoms in total. The van der Waals surface area contributed by atoms with Crippen LogP contribution in [-0.4, -0.2) is 7.11 Å². The number of benzene rings is 2. The van der Waals surface area contributed by atoms with E-state index in [0.717, 1.165) is 12.2 Å². The predicted octanol–water partition coefficient (Wildman–Crippen LogP) is 4.41. The van der Waals surface area contributed by atoms with Gasteiger partial charge in [0.05, 0.1) is 7.11 Å². The summed E-state index contributed by atoms with van der Waals surface area (Å²) >= 11 is 1.77. The number of ether oxygens (including phenoxy) is 1. The van der Waals surface area contributed by atoms with E-state index in [2.05, 4.69) is 43.3 Å². The molecule has 0 heterocycles. The molecule has 0 bridgehead atoms. The highest BCUT2D eigenvalue weighted by Crippen LogP contribution is 2.29. The van der Waals surface area contributed by atoms with Crippen LogP contribution < -0.4 is 4.74 Å². The number of rotatable bonds is 4. The van der Waals surface area contributed by atoms with Crippen molar-refractivity contribution in [2.75, 3.05) is 7.11 Å². The SMILES string of the molecule is CCc1ccc(Sc2ccc(OC)cc2)cc1. The summed E-state index contributed by atoms with van der Waals surface area (Å²) in [5.41, 5.74) is 1.38. The summed E-state index contributed by atoms with van der Waals surface area (Å²) in [6.07, 6.45) is 1.09. The quantitative estimate of drug-likeness (QED) is 0.788. The smallest absolute Gasteiger partial charge is 0.118 e. The van der Waals surface area contributed by atoms with Gasteiger partial charge < -0.3 is 4.74 Å². The molecule has 0 amide bonds. The molecule has 88 valence electrons. The Bertz CT molecular complexity index is 414. The summed E-state index contributed by atoms with van der Waals surface area (Å²) in [5.74, 6) is 0.899. The lowest BCUT2D eigenvalue weighted by Gasteiger charge is -2.04. The van der Waals surface area contributed by atoms with Crippen LogP contribution in [0.5, 0.6) is 5.75 Å². The zero-order chi connectivity index (χ0) is 12.1. The van der Waals surface area contributed by atoms with Gasteiger partial charge in [-0.15, -0.1) is 0 Å². The lowest BCUT2D eigenvalue weighted by molar-refractivity contribution is 0.414. The summed E-state index contributed by atoms with van der Waals surface area (Å²) in [6.45, 7) is 2.17. The Morgan fingerprint density at radius 3 is 1.88 bits per heavy atom. The average Bonchev–Trinajstić information content (AvgIpc) is 2.40. The molecule has 2 aromatic rings. The van der Waals surface area contributed by atoms with Crippen molar-refractivity contribution in [1.82, 2.24) is 0 Å². The van der Waals surface area contributed by atoms with Crippen LogP contribution in [0.15, 0.2) is 58.3 Å². The molecular weight excluding hydrogens is 228 g/mol. The molecule has 0 aromatic heterocycles. The summed E-state index contributed by atoms with van der Waals surface area (Å²) < 4.78 is 5.14. The van der Waals surface area contributed by atoms with E-state index in [-0.39, 0.29) is 0 Å². The number of hydrogen-bond donors (Lipinski definition) is 0. The lowest BCUT2D eigenvalue weighted by Crippen LogP contribution is -1.82. The first-order valence-electron chi connectivity index (χ1n) is 5.72. The standard InChI is InChI=1S/C15H16OS/c1-3-12-4-8-14(9-5-12)17-15-10-6-13(16-2)7-11-15/h4-11H,3H2,1-2H3. The Morgan fingerprint density at radius 2 is 1.41 bits per heavy atom. The second-order valence-corrected chi connectivity index (χ2v) is 4.92. The molecule has 2 aromatic carbocycles. The van der Waals surface area contributed by atoms with E-state index < -0.39 is 0 Å². The molecule has 0 aliphatic rings. The maximum atomic E-state index is 5.14. The molecular formula is C15H16OS. The monoisotopic (exact) mass is 244 g/mol. The fourth-order valence-electron chi connectivity index (χ4n) is 1.57. The van der Waals surface area contributed by atoms with E-state index >= 15 is 0 Å². The Kier molecular flexibility index (Phi) is 4.10. The molecule has 0 aliphatic carbocycles. The summed E-state index contributed by atoms with van der Waals surface area (Å²) in [6, 6.07) is 16.9. The zero-order valence-electron chi connectivity index (χ0n) is 10.1. The first kappa shape index (κ1) is 12.1. The van der Waals surface area contributed by atoms with Gasteiger partial charge in [0.2, 0.25) is 0 Å². The van der Waals surface area contributed by atoms with Crippen molar-refractivity contribution in [3.8, 4) is 5.75 Å². The highest BCUT2D eigenvalue weighted by atomic mass is 32.2. The van der Waals surface area contributed by atoms with Crippen LogP contribution in [-0.2, 0) is 6.42 Å². The van der Waals surface area contributed by atoms with Crippen molar-refractivity contribution in [3.63, 3.8) is 0 Å². The van der Waals surface area contributed by atoms with Gasteiger partial charge in [0.1, 0.15) is 5.75 Å². The molecule has 0 saturated heterocycles. The van der Waals surface area contributed by atoms with Crippen LogP contribution in [0.1, 0.15) is 12.5 Å². The van der Waals surface area contributed by atoms with Gasteiger partial charge in [-0.1, -0.05) is 30.8 Å². The van der Waals surface area contributed by atoms with Crippen molar-refractivity contribution < 1.29 is 4.74 Å². The minimum Gasteiger partial charge on any atom is -0.497 e. The van der Waals surface area contributed by atoms with Crippen LogP contribution in [0.3, 0.4) is 0 Å². The van der Waals surface area contributed by atoms with Crippen LogP contribution in [0.4, 0.5) is 0 Å². The van der Waals surface area contributed by atoms with Crippen LogP contribution in [0.2, 0.25) is 0 Å². The van der Waals surface area contributed by atoms with E-state index in [1.54, 1.807) is 18.9 Å². The fraction of sp³-hybridized carbons (Fsp3) is 0.200. The summed E-state index contributed by atoms with van der Waals surface area (Å²) in [7, 11) is 1.69. The highest BCUT2D eigenvalue weighted by Gasteiger charge is 1.98. The Morgan fingerprint density at radius 1 is 0.882 bits per heavy atom. The topological polar surface area (TPSA) is 9.23 Å². The second kappa shape index (κ2) is 5.78. The van der Waals surface area contributed by atoms with E-state index in [1.165, 1.54) is 15.4 Å². The van der Waals surface area contributed by atoms with Gasteiger partial charge in [0.15, 0.2) is 0 Å².